The molecule has 0 aliphatic carbocycles. The van der Waals surface area contributed by atoms with Crippen LogP contribution in [0.1, 0.15) is 0 Å². The molecule has 2 rings (SSSR count). The van der Waals surface area contributed by atoms with Crippen molar-refractivity contribution in [2.45, 2.75) is 6.18 Å². The van der Waals surface area contributed by atoms with Crippen LogP contribution in [0.3, 0.4) is 0 Å². The van der Waals surface area contributed by atoms with Crippen molar-refractivity contribution in [1.82, 2.24) is 4.98 Å². The van der Waals surface area contributed by atoms with E-state index < -0.39 is 12.7 Å². The van der Waals surface area contributed by atoms with Gasteiger partial charge in [0.1, 0.15) is 18.1 Å². The van der Waals surface area contributed by atoms with Crippen molar-refractivity contribution < 1.29 is 18.3 Å². The second kappa shape index (κ2) is 5.54. The lowest BCUT2D eigenvalue weighted by molar-refractivity contribution is -0.119. The summed E-state index contributed by atoms with van der Waals surface area (Å²) in [6.45, 7) is -1.03. The molecule has 0 fully saturated rings. The second-order valence-electron chi connectivity index (χ2n) is 4.37. The molecule has 0 saturated heterocycles. The number of phenols is 1. The molecule has 0 aliphatic rings. The Balaban J connectivity index is 2.49. The number of hydrogen-bond donors (Lipinski definition) is 2. The summed E-state index contributed by atoms with van der Waals surface area (Å²) in [5.74, 6) is 0.146. The number of aromatic nitrogens is 1. The van der Waals surface area contributed by atoms with E-state index in [1.165, 1.54) is 18.3 Å². The average Bonchev–Trinajstić information content (AvgIpc) is 2.36. The molecule has 1 heterocycles. The first-order valence-corrected chi connectivity index (χ1v) is 6.00. The van der Waals surface area contributed by atoms with Gasteiger partial charge in [-0.25, -0.2) is 4.98 Å². The number of anilines is 1. The fourth-order valence-electron chi connectivity index (χ4n) is 2.03. The fraction of sp³-hybridized carbons (Fsp3) is 0.308. The number of nitrogens with zero attached hydrogens (tertiary/aromatic N) is 2. The third kappa shape index (κ3) is 3.30. The van der Waals surface area contributed by atoms with Crippen LogP contribution in [0.25, 0.3) is 10.8 Å². The summed E-state index contributed by atoms with van der Waals surface area (Å²) in [5.41, 5.74) is 5.37. The highest BCUT2D eigenvalue weighted by atomic mass is 19.4. The van der Waals surface area contributed by atoms with Crippen LogP contribution in [0.4, 0.5) is 19.0 Å². The molecule has 0 radical (unpaired) electrons. The molecule has 0 bridgehead atoms. The maximum atomic E-state index is 12.6. The molecule has 1 aromatic heterocycles. The molecule has 3 N–H and O–H groups in total. The standard InChI is InChI=1S/C13H14F3N3O/c14-13(15,16)8-19(6-4-17)12-11-7-10(20)2-1-9(11)3-5-18-12/h1-3,5,7,20H,4,6,8,17H2. The molecule has 0 saturated carbocycles. The Hall–Kier alpha value is -2.02. The fourth-order valence-corrected chi connectivity index (χ4v) is 2.03. The van der Waals surface area contributed by atoms with Gasteiger partial charge in [-0.2, -0.15) is 13.2 Å². The number of benzene rings is 1. The maximum absolute atomic E-state index is 12.6. The highest BCUT2D eigenvalue weighted by molar-refractivity contribution is 5.93. The molecule has 4 nitrogen and oxygen atoms in total. The summed E-state index contributed by atoms with van der Waals surface area (Å²) in [6.07, 6.45) is -2.91. The SMILES string of the molecule is NCCN(CC(F)(F)F)c1nccc2ccc(O)cc12. The van der Waals surface area contributed by atoms with Gasteiger partial charge < -0.3 is 15.7 Å². The van der Waals surface area contributed by atoms with Crippen molar-refractivity contribution in [3.05, 3.63) is 30.5 Å². The van der Waals surface area contributed by atoms with Crippen LogP contribution in [-0.2, 0) is 0 Å². The van der Waals surface area contributed by atoms with Crippen LogP contribution in [0, 0.1) is 0 Å². The van der Waals surface area contributed by atoms with Gasteiger partial charge >= 0.3 is 6.18 Å². The van der Waals surface area contributed by atoms with Gasteiger partial charge in [0.05, 0.1) is 0 Å². The van der Waals surface area contributed by atoms with E-state index in [1.807, 2.05) is 0 Å². The van der Waals surface area contributed by atoms with E-state index in [-0.39, 0.29) is 24.7 Å². The van der Waals surface area contributed by atoms with E-state index in [2.05, 4.69) is 4.98 Å². The Morgan fingerprint density at radius 2 is 2.00 bits per heavy atom. The van der Waals surface area contributed by atoms with E-state index in [4.69, 9.17) is 5.73 Å². The zero-order valence-corrected chi connectivity index (χ0v) is 10.6. The van der Waals surface area contributed by atoms with Crippen molar-refractivity contribution in [2.24, 2.45) is 5.73 Å². The Kier molecular flexibility index (Phi) is 3.99. The Bertz CT molecular complexity index is 601. The quantitative estimate of drug-likeness (QED) is 0.904. The Labute approximate surface area is 113 Å². The lowest BCUT2D eigenvalue weighted by Gasteiger charge is -2.25. The molecular weight excluding hydrogens is 271 g/mol. The van der Waals surface area contributed by atoms with Gasteiger partial charge in [0.25, 0.3) is 0 Å². The molecule has 20 heavy (non-hydrogen) atoms. The van der Waals surface area contributed by atoms with Crippen LogP contribution < -0.4 is 10.6 Å². The van der Waals surface area contributed by atoms with Crippen molar-refractivity contribution in [3.63, 3.8) is 0 Å². The van der Waals surface area contributed by atoms with Crippen LogP contribution >= 0.6 is 0 Å². The van der Waals surface area contributed by atoms with Gasteiger partial charge in [0.2, 0.25) is 0 Å². The van der Waals surface area contributed by atoms with Gasteiger partial charge in [-0.3, -0.25) is 0 Å². The first-order valence-electron chi connectivity index (χ1n) is 6.00. The van der Waals surface area contributed by atoms with Crippen LogP contribution in [0.2, 0.25) is 0 Å². The summed E-state index contributed by atoms with van der Waals surface area (Å²) < 4.78 is 37.9. The molecule has 0 unspecified atom stereocenters. The van der Waals surface area contributed by atoms with E-state index in [0.717, 1.165) is 4.90 Å². The van der Waals surface area contributed by atoms with E-state index in [1.54, 1.807) is 12.1 Å². The Morgan fingerprint density at radius 3 is 2.65 bits per heavy atom. The summed E-state index contributed by atoms with van der Waals surface area (Å²) in [5, 5.41) is 10.7. The lowest BCUT2D eigenvalue weighted by atomic mass is 10.1. The molecule has 1 aromatic carbocycles. The van der Waals surface area contributed by atoms with Crippen molar-refractivity contribution >= 4 is 16.6 Å². The minimum Gasteiger partial charge on any atom is -0.508 e. The molecule has 0 aliphatic heterocycles. The summed E-state index contributed by atoms with van der Waals surface area (Å²) in [6, 6.07) is 6.18. The lowest BCUT2D eigenvalue weighted by Crippen LogP contribution is -2.38. The molecule has 2 aromatic rings. The molecular formula is C13H14F3N3O. The number of rotatable bonds is 4. The summed E-state index contributed by atoms with van der Waals surface area (Å²) in [4.78, 5) is 5.08. The highest BCUT2D eigenvalue weighted by Gasteiger charge is 2.31. The van der Waals surface area contributed by atoms with Crippen LogP contribution in [0.15, 0.2) is 30.5 Å². The molecule has 108 valence electrons. The van der Waals surface area contributed by atoms with Crippen LogP contribution in [0.5, 0.6) is 5.75 Å². The number of alkyl halides is 3. The highest BCUT2D eigenvalue weighted by Crippen LogP contribution is 2.29. The minimum atomic E-state index is -4.35. The summed E-state index contributed by atoms with van der Waals surface area (Å²) >= 11 is 0. The molecule has 0 amide bonds. The van der Waals surface area contributed by atoms with Crippen molar-refractivity contribution in [1.29, 1.82) is 0 Å². The van der Waals surface area contributed by atoms with Gasteiger partial charge in [0.15, 0.2) is 0 Å². The molecule has 0 atom stereocenters. The Morgan fingerprint density at radius 1 is 1.25 bits per heavy atom. The molecule has 0 spiro atoms. The third-order valence-electron chi connectivity index (χ3n) is 2.80. The number of phenolic OH excluding ortho intramolecular Hbond substituents is 1. The van der Waals surface area contributed by atoms with Gasteiger partial charge in [-0.05, 0) is 23.6 Å². The average molecular weight is 285 g/mol. The monoisotopic (exact) mass is 285 g/mol. The number of pyridine rings is 1. The van der Waals surface area contributed by atoms with Crippen LogP contribution in [-0.4, -0.2) is 35.9 Å². The first-order chi connectivity index (χ1) is 9.40. The van der Waals surface area contributed by atoms with Crippen molar-refractivity contribution in [2.75, 3.05) is 24.5 Å². The topological polar surface area (TPSA) is 62.4 Å². The van der Waals surface area contributed by atoms with Crippen molar-refractivity contribution in [3.8, 4) is 5.75 Å². The third-order valence-corrected chi connectivity index (χ3v) is 2.80. The molecule has 7 heteroatoms. The number of aromatic hydroxyl groups is 1. The zero-order chi connectivity index (χ0) is 14.8. The number of halogens is 3. The minimum absolute atomic E-state index is 0.0218. The normalized spacial score (nSPS) is 11.8. The van der Waals surface area contributed by atoms with E-state index >= 15 is 0 Å². The largest absolute Gasteiger partial charge is 0.508 e. The van der Waals surface area contributed by atoms with E-state index in [0.29, 0.717) is 10.8 Å². The predicted molar refractivity (Wildman–Crippen MR) is 70.7 cm³/mol. The number of fused-ring (bicyclic) bond motifs is 1. The maximum Gasteiger partial charge on any atom is 0.405 e. The predicted octanol–water partition coefficient (Wildman–Crippen LogP) is 2.27. The zero-order valence-electron chi connectivity index (χ0n) is 10.6. The van der Waals surface area contributed by atoms with E-state index in [9.17, 15) is 18.3 Å². The summed E-state index contributed by atoms with van der Waals surface area (Å²) in [7, 11) is 0. The smallest absolute Gasteiger partial charge is 0.405 e. The first kappa shape index (κ1) is 14.4. The van der Waals surface area contributed by atoms with Gasteiger partial charge in [-0.1, -0.05) is 6.07 Å². The second-order valence-corrected chi connectivity index (χ2v) is 4.37. The number of nitrogens with two attached hydrogens (primary N) is 1. The number of hydrogen-bond acceptors (Lipinski definition) is 4. The van der Waals surface area contributed by atoms with Gasteiger partial charge in [-0.15, -0.1) is 0 Å². The van der Waals surface area contributed by atoms with Gasteiger partial charge in [0, 0.05) is 24.7 Å².